The van der Waals surface area contributed by atoms with Crippen LogP contribution in [0.25, 0.3) is 66.1 Å². The molecule has 0 aliphatic heterocycles. The lowest BCUT2D eigenvalue weighted by atomic mass is 9.79. The Morgan fingerprint density at radius 1 is 0.473 bits per heavy atom. The highest BCUT2D eigenvalue weighted by molar-refractivity contribution is 6.23. The number of benzene rings is 7. The summed E-state index contributed by atoms with van der Waals surface area (Å²) in [6.07, 6.45) is 7.64. The summed E-state index contributed by atoms with van der Waals surface area (Å²) < 4.78 is 0. The first kappa shape index (κ1) is 34.5. The highest BCUT2D eigenvalue weighted by Gasteiger charge is 2.37. The Morgan fingerprint density at radius 3 is 1.47 bits per heavy atom. The topological polar surface area (TPSA) is 23.9 Å². The summed E-state index contributed by atoms with van der Waals surface area (Å²) in [6, 6.07) is 47.3. The van der Waals surface area contributed by atoms with E-state index in [4.69, 9.17) is 0 Å². The molecule has 0 radical (unpaired) electrons. The highest BCUT2D eigenvalue weighted by Crippen LogP contribution is 2.53. The number of hydrogen-bond acceptors (Lipinski definition) is 1. The molecule has 0 unspecified atom stereocenters. The van der Waals surface area contributed by atoms with Gasteiger partial charge in [0.2, 0.25) is 0 Å². The molecule has 2 aliphatic carbocycles. The maximum absolute atomic E-state index is 9.24. The molecule has 0 saturated heterocycles. The molecule has 7 aromatic carbocycles. The van der Waals surface area contributed by atoms with Gasteiger partial charge in [0.05, 0.1) is 5.71 Å². The van der Waals surface area contributed by atoms with Gasteiger partial charge in [0.25, 0.3) is 0 Å². The van der Waals surface area contributed by atoms with Crippen LogP contribution in [-0.4, -0.2) is 5.71 Å². The summed E-state index contributed by atoms with van der Waals surface area (Å²) in [7, 11) is 0. The second-order valence-corrected chi connectivity index (χ2v) is 16.2. The first-order valence-electron chi connectivity index (χ1n) is 19.3. The Hall–Kier alpha value is -6.31. The average Bonchev–Trinajstić information content (AvgIpc) is 3.57. The molecule has 2 aliphatic rings. The summed E-state index contributed by atoms with van der Waals surface area (Å²) in [5.74, 6) is 0. The van der Waals surface area contributed by atoms with E-state index in [0.717, 1.165) is 22.1 Å². The Bertz CT molecular complexity index is 2870. The fraction of sp³-hybridized carbons (Fsp3) is 0.130. The van der Waals surface area contributed by atoms with Crippen molar-refractivity contribution in [1.29, 1.82) is 5.41 Å². The summed E-state index contributed by atoms with van der Waals surface area (Å²) in [5, 5.41) is 14.0. The third-order valence-electron chi connectivity index (χ3n) is 12.3. The summed E-state index contributed by atoms with van der Waals surface area (Å²) in [6.45, 7) is 19.7. The van der Waals surface area contributed by atoms with Gasteiger partial charge in [-0.15, -0.1) is 0 Å². The van der Waals surface area contributed by atoms with Gasteiger partial charge in [-0.25, -0.2) is 0 Å². The Kier molecular flexibility index (Phi) is 7.92. The number of hydrogen-bond donors (Lipinski definition) is 1. The molecule has 9 rings (SSSR count). The summed E-state index contributed by atoms with van der Waals surface area (Å²) in [5.41, 5.74) is 18.2. The molecule has 266 valence electrons. The molecule has 0 atom stereocenters. The second-order valence-electron chi connectivity index (χ2n) is 16.2. The highest BCUT2D eigenvalue weighted by atomic mass is 14.4. The van der Waals surface area contributed by atoms with E-state index in [1.165, 1.54) is 82.9 Å². The fourth-order valence-corrected chi connectivity index (χ4v) is 9.38. The maximum atomic E-state index is 9.24. The molecule has 0 fully saturated rings. The van der Waals surface area contributed by atoms with Gasteiger partial charge in [0, 0.05) is 16.4 Å². The molecular weight excluding hydrogens is 663 g/mol. The molecule has 0 amide bonds. The molecule has 0 spiro atoms. The van der Waals surface area contributed by atoms with E-state index in [2.05, 4.69) is 168 Å². The fourth-order valence-electron chi connectivity index (χ4n) is 9.38. The van der Waals surface area contributed by atoms with Crippen molar-refractivity contribution in [3.8, 4) is 44.5 Å². The van der Waals surface area contributed by atoms with E-state index in [0.29, 0.717) is 5.71 Å². The molecule has 55 heavy (non-hydrogen) atoms. The number of allylic oxidation sites excluding steroid dienone is 6. The zero-order chi connectivity index (χ0) is 38.2. The number of fused-ring (bicyclic) bond motifs is 8. The van der Waals surface area contributed by atoms with Crippen LogP contribution >= 0.6 is 0 Å². The van der Waals surface area contributed by atoms with Gasteiger partial charge in [-0.2, -0.15) is 0 Å². The molecule has 1 N–H and O–H groups in total. The smallest absolute Gasteiger partial charge is 0.0612 e. The SMILES string of the molecule is C=C(/C=C\C)C(=C)/C=C\C(=N)c1ccc2c(-c3ccc4c(c3)C(C)(C)c3ccccc3-4)c3ccccc3c(-c3ccc4c(c3)C(C)(C)c3ccccc3-4)c2c1. The van der Waals surface area contributed by atoms with Crippen LogP contribution in [0, 0.1) is 5.41 Å². The van der Waals surface area contributed by atoms with E-state index in [1.807, 2.05) is 31.2 Å². The van der Waals surface area contributed by atoms with Gasteiger partial charge < -0.3 is 5.41 Å². The largest absolute Gasteiger partial charge is 0.300 e. The molecule has 0 heterocycles. The molecule has 0 saturated carbocycles. The van der Waals surface area contributed by atoms with Gasteiger partial charge in [-0.3, -0.25) is 0 Å². The van der Waals surface area contributed by atoms with Gasteiger partial charge in [-0.1, -0.05) is 168 Å². The van der Waals surface area contributed by atoms with Crippen molar-refractivity contribution < 1.29 is 0 Å². The Labute approximate surface area is 325 Å². The van der Waals surface area contributed by atoms with Crippen LogP contribution < -0.4 is 0 Å². The Morgan fingerprint density at radius 2 is 0.927 bits per heavy atom. The summed E-state index contributed by atoms with van der Waals surface area (Å²) >= 11 is 0. The molecule has 0 bridgehead atoms. The minimum absolute atomic E-state index is 0.112. The van der Waals surface area contributed by atoms with Crippen LogP contribution in [0.5, 0.6) is 0 Å². The summed E-state index contributed by atoms with van der Waals surface area (Å²) in [4.78, 5) is 0. The lowest BCUT2D eigenvalue weighted by Crippen LogP contribution is -2.15. The number of rotatable bonds is 7. The molecular formula is C54H45N. The van der Waals surface area contributed by atoms with E-state index >= 15 is 0 Å². The van der Waals surface area contributed by atoms with Crippen molar-refractivity contribution in [2.45, 2.75) is 45.4 Å². The van der Waals surface area contributed by atoms with Gasteiger partial charge >= 0.3 is 0 Å². The van der Waals surface area contributed by atoms with Crippen LogP contribution in [0.2, 0.25) is 0 Å². The zero-order valence-corrected chi connectivity index (χ0v) is 32.3. The maximum Gasteiger partial charge on any atom is 0.0612 e. The first-order chi connectivity index (χ1) is 26.5. The molecule has 1 heteroatoms. The van der Waals surface area contributed by atoms with Crippen molar-refractivity contribution in [3.05, 3.63) is 204 Å². The molecule has 0 aromatic heterocycles. The monoisotopic (exact) mass is 707 g/mol. The van der Waals surface area contributed by atoms with Crippen molar-refractivity contribution in [2.75, 3.05) is 0 Å². The van der Waals surface area contributed by atoms with E-state index in [9.17, 15) is 5.41 Å². The van der Waals surface area contributed by atoms with Crippen molar-refractivity contribution in [1.82, 2.24) is 0 Å². The van der Waals surface area contributed by atoms with Crippen molar-refractivity contribution in [2.24, 2.45) is 0 Å². The third kappa shape index (κ3) is 5.25. The van der Waals surface area contributed by atoms with Gasteiger partial charge in [0.15, 0.2) is 0 Å². The normalized spacial score (nSPS) is 14.6. The quantitative estimate of drug-likeness (QED) is 0.0969. The van der Waals surface area contributed by atoms with Crippen LogP contribution in [0.4, 0.5) is 0 Å². The predicted molar refractivity (Wildman–Crippen MR) is 237 cm³/mol. The van der Waals surface area contributed by atoms with Crippen LogP contribution in [0.1, 0.15) is 62.4 Å². The van der Waals surface area contributed by atoms with Gasteiger partial charge in [-0.05, 0) is 131 Å². The van der Waals surface area contributed by atoms with Crippen LogP contribution in [0.15, 0.2) is 176 Å². The minimum atomic E-state index is -0.125. The third-order valence-corrected chi connectivity index (χ3v) is 12.3. The molecule has 1 nitrogen and oxygen atoms in total. The lowest BCUT2D eigenvalue weighted by Gasteiger charge is -2.24. The Balaban J connectivity index is 1.30. The second kappa shape index (κ2) is 12.6. The predicted octanol–water partition coefficient (Wildman–Crippen LogP) is 14.6. The zero-order valence-electron chi connectivity index (χ0n) is 32.3. The van der Waals surface area contributed by atoms with Gasteiger partial charge in [0.1, 0.15) is 0 Å². The average molecular weight is 708 g/mol. The van der Waals surface area contributed by atoms with E-state index < -0.39 is 0 Å². The lowest BCUT2D eigenvalue weighted by molar-refractivity contribution is 0.660. The van der Waals surface area contributed by atoms with Crippen molar-refractivity contribution in [3.63, 3.8) is 0 Å². The van der Waals surface area contributed by atoms with Crippen LogP contribution in [0.3, 0.4) is 0 Å². The van der Waals surface area contributed by atoms with Crippen LogP contribution in [-0.2, 0) is 10.8 Å². The minimum Gasteiger partial charge on any atom is -0.300 e. The standard InChI is InChI=1S/C54H45N/c1-8-15-33(2)34(3)22-29-50(55)35-23-28-44-45(30-35)52(37-25-27-41-39-17-12-14-21-47(39)54(6,7)49(41)32-37)43-19-10-9-18-42(43)51(44)36-24-26-40-38-16-11-13-20-46(38)53(4,5)48(40)31-36/h8-32,55H,2-3H2,1,4-7H3/b15-8-,29-22-,55-50?. The first-order valence-corrected chi connectivity index (χ1v) is 19.3. The molecule has 7 aromatic rings. The van der Waals surface area contributed by atoms with E-state index in [1.54, 1.807) is 0 Å². The number of nitrogens with one attached hydrogen (secondary N) is 1. The van der Waals surface area contributed by atoms with E-state index in [-0.39, 0.29) is 10.8 Å². The van der Waals surface area contributed by atoms with Crippen molar-refractivity contribution >= 4 is 27.3 Å².